The highest BCUT2D eigenvalue weighted by atomic mass is 19.4. The number of hydrogen-bond donors (Lipinski definition) is 1. The van der Waals surface area contributed by atoms with Gasteiger partial charge in [-0.1, -0.05) is 35.9 Å². The standard InChI is InChI=1S/C19H20F3NO2/c1-12-8-9-15(13(2)10-12)11-25-14(3)18(24)23-17-7-5-4-6-16(17)19(20,21)22/h4-10,14H,11H2,1-3H3,(H,23,24). The van der Waals surface area contributed by atoms with Crippen LogP contribution < -0.4 is 5.32 Å². The van der Waals surface area contributed by atoms with Gasteiger partial charge in [0.15, 0.2) is 0 Å². The molecule has 0 heterocycles. The van der Waals surface area contributed by atoms with Crippen molar-refractivity contribution in [3.8, 4) is 0 Å². The molecule has 0 aliphatic rings. The molecule has 0 fully saturated rings. The number of para-hydroxylation sites is 1. The van der Waals surface area contributed by atoms with Crippen LogP contribution in [-0.2, 0) is 22.3 Å². The zero-order valence-corrected chi connectivity index (χ0v) is 14.3. The van der Waals surface area contributed by atoms with Crippen molar-refractivity contribution in [2.45, 2.75) is 39.7 Å². The lowest BCUT2D eigenvalue weighted by atomic mass is 10.1. The van der Waals surface area contributed by atoms with Gasteiger partial charge in [0.2, 0.25) is 0 Å². The first kappa shape index (κ1) is 19.0. The highest BCUT2D eigenvalue weighted by Gasteiger charge is 2.33. The van der Waals surface area contributed by atoms with E-state index in [1.165, 1.54) is 25.1 Å². The fourth-order valence-corrected chi connectivity index (χ4v) is 2.37. The first-order valence-electron chi connectivity index (χ1n) is 7.83. The second-order valence-corrected chi connectivity index (χ2v) is 5.92. The zero-order valence-electron chi connectivity index (χ0n) is 14.3. The van der Waals surface area contributed by atoms with Gasteiger partial charge in [0, 0.05) is 0 Å². The lowest BCUT2D eigenvalue weighted by molar-refractivity contribution is -0.137. The normalized spacial score (nSPS) is 12.7. The van der Waals surface area contributed by atoms with Gasteiger partial charge in [-0.05, 0) is 44.0 Å². The molecule has 6 heteroatoms. The maximum absolute atomic E-state index is 13.0. The first-order valence-corrected chi connectivity index (χ1v) is 7.83. The summed E-state index contributed by atoms with van der Waals surface area (Å²) in [5.74, 6) is -0.624. The number of carbonyl (C=O) groups excluding carboxylic acids is 1. The Morgan fingerprint density at radius 2 is 1.84 bits per heavy atom. The summed E-state index contributed by atoms with van der Waals surface area (Å²) in [6, 6.07) is 10.7. The summed E-state index contributed by atoms with van der Waals surface area (Å²) in [5, 5.41) is 2.29. The van der Waals surface area contributed by atoms with Crippen molar-refractivity contribution in [3.63, 3.8) is 0 Å². The highest BCUT2D eigenvalue weighted by Crippen LogP contribution is 2.34. The van der Waals surface area contributed by atoms with E-state index in [9.17, 15) is 18.0 Å². The lowest BCUT2D eigenvalue weighted by Gasteiger charge is -2.17. The van der Waals surface area contributed by atoms with Crippen molar-refractivity contribution in [2.75, 3.05) is 5.32 Å². The molecule has 0 aliphatic heterocycles. The van der Waals surface area contributed by atoms with Gasteiger partial charge in [-0.2, -0.15) is 13.2 Å². The topological polar surface area (TPSA) is 38.3 Å². The number of hydrogen-bond acceptors (Lipinski definition) is 2. The maximum Gasteiger partial charge on any atom is 0.418 e. The number of alkyl halides is 3. The second-order valence-electron chi connectivity index (χ2n) is 5.92. The molecule has 1 atom stereocenters. The number of nitrogens with one attached hydrogen (secondary N) is 1. The van der Waals surface area contributed by atoms with E-state index in [0.717, 1.165) is 22.8 Å². The van der Waals surface area contributed by atoms with Crippen molar-refractivity contribution in [1.82, 2.24) is 0 Å². The minimum absolute atomic E-state index is 0.210. The van der Waals surface area contributed by atoms with Gasteiger partial charge in [-0.3, -0.25) is 4.79 Å². The number of carbonyl (C=O) groups is 1. The molecule has 2 aromatic carbocycles. The number of aryl methyl sites for hydroxylation is 2. The molecule has 1 amide bonds. The third kappa shape index (κ3) is 5.06. The van der Waals surface area contributed by atoms with Gasteiger partial charge in [-0.15, -0.1) is 0 Å². The molecule has 3 nitrogen and oxygen atoms in total. The van der Waals surface area contributed by atoms with Crippen LogP contribution in [0.15, 0.2) is 42.5 Å². The molecule has 0 spiro atoms. The fourth-order valence-electron chi connectivity index (χ4n) is 2.37. The fraction of sp³-hybridized carbons (Fsp3) is 0.316. The van der Waals surface area contributed by atoms with Crippen molar-refractivity contribution < 1.29 is 22.7 Å². The molecule has 0 radical (unpaired) electrons. The Morgan fingerprint density at radius 3 is 2.48 bits per heavy atom. The van der Waals surface area contributed by atoms with Crippen LogP contribution in [0, 0.1) is 13.8 Å². The molecule has 1 unspecified atom stereocenters. The zero-order chi connectivity index (χ0) is 18.6. The van der Waals surface area contributed by atoms with E-state index in [1.807, 2.05) is 32.0 Å². The van der Waals surface area contributed by atoms with Crippen molar-refractivity contribution in [3.05, 3.63) is 64.7 Å². The smallest absolute Gasteiger partial charge is 0.364 e. The van der Waals surface area contributed by atoms with E-state index in [2.05, 4.69) is 5.32 Å². The molecule has 0 bridgehead atoms. The Balaban J connectivity index is 2.02. The SMILES string of the molecule is Cc1ccc(COC(C)C(=O)Nc2ccccc2C(F)(F)F)c(C)c1. The summed E-state index contributed by atoms with van der Waals surface area (Å²) < 4.78 is 44.4. The summed E-state index contributed by atoms with van der Waals surface area (Å²) in [6.07, 6.45) is -5.42. The molecule has 0 saturated carbocycles. The number of rotatable bonds is 5. The van der Waals surface area contributed by atoms with Crippen LogP contribution in [0.1, 0.15) is 29.2 Å². The summed E-state index contributed by atoms with van der Waals surface area (Å²) in [4.78, 5) is 12.1. The van der Waals surface area contributed by atoms with Crippen LogP contribution in [-0.4, -0.2) is 12.0 Å². The van der Waals surface area contributed by atoms with Crippen molar-refractivity contribution in [2.24, 2.45) is 0 Å². The summed E-state index contributed by atoms with van der Waals surface area (Å²) >= 11 is 0. The van der Waals surface area contributed by atoms with Gasteiger partial charge in [0.1, 0.15) is 6.10 Å². The van der Waals surface area contributed by atoms with Gasteiger partial charge >= 0.3 is 6.18 Å². The number of ether oxygens (including phenoxy) is 1. The summed E-state index contributed by atoms with van der Waals surface area (Å²) in [7, 11) is 0. The number of anilines is 1. The second kappa shape index (κ2) is 7.70. The van der Waals surface area contributed by atoms with Crippen LogP contribution in [0.4, 0.5) is 18.9 Å². The summed E-state index contributed by atoms with van der Waals surface area (Å²) in [5.41, 5.74) is 1.93. The third-order valence-electron chi connectivity index (χ3n) is 3.85. The quantitative estimate of drug-likeness (QED) is 0.835. The first-order chi connectivity index (χ1) is 11.7. The average Bonchev–Trinajstić information content (AvgIpc) is 2.53. The van der Waals surface area contributed by atoms with Gasteiger partial charge < -0.3 is 10.1 Å². The third-order valence-corrected chi connectivity index (χ3v) is 3.85. The van der Waals surface area contributed by atoms with E-state index >= 15 is 0 Å². The van der Waals surface area contributed by atoms with Crippen LogP contribution in [0.2, 0.25) is 0 Å². The highest BCUT2D eigenvalue weighted by molar-refractivity contribution is 5.94. The average molecular weight is 351 g/mol. The van der Waals surface area contributed by atoms with E-state index in [1.54, 1.807) is 0 Å². The Hall–Kier alpha value is -2.34. The minimum Gasteiger partial charge on any atom is -0.364 e. The Labute approximate surface area is 144 Å². The molecule has 25 heavy (non-hydrogen) atoms. The molecule has 2 aromatic rings. The maximum atomic E-state index is 13.0. The van der Waals surface area contributed by atoms with Gasteiger partial charge in [0.05, 0.1) is 17.9 Å². The van der Waals surface area contributed by atoms with E-state index in [-0.39, 0.29) is 12.3 Å². The molecule has 2 rings (SSSR count). The Morgan fingerprint density at radius 1 is 1.16 bits per heavy atom. The van der Waals surface area contributed by atoms with Gasteiger partial charge in [-0.25, -0.2) is 0 Å². The van der Waals surface area contributed by atoms with Gasteiger partial charge in [0.25, 0.3) is 5.91 Å². The predicted molar refractivity (Wildman–Crippen MR) is 90.2 cm³/mol. The van der Waals surface area contributed by atoms with E-state index < -0.39 is 23.8 Å². The Kier molecular flexibility index (Phi) is 5.85. The lowest BCUT2D eigenvalue weighted by Crippen LogP contribution is -2.28. The van der Waals surface area contributed by atoms with Crippen molar-refractivity contribution >= 4 is 11.6 Å². The molecule has 0 aliphatic carbocycles. The van der Waals surface area contributed by atoms with E-state index in [0.29, 0.717) is 0 Å². The molecule has 1 N–H and O–H groups in total. The molecular formula is C19H20F3NO2. The molecule has 0 saturated heterocycles. The van der Waals surface area contributed by atoms with Crippen LogP contribution in [0.3, 0.4) is 0 Å². The molecular weight excluding hydrogens is 331 g/mol. The Bertz CT molecular complexity index is 757. The van der Waals surface area contributed by atoms with Crippen LogP contribution in [0.25, 0.3) is 0 Å². The monoisotopic (exact) mass is 351 g/mol. The summed E-state index contributed by atoms with van der Waals surface area (Å²) in [6.45, 7) is 5.64. The van der Waals surface area contributed by atoms with E-state index in [4.69, 9.17) is 4.74 Å². The van der Waals surface area contributed by atoms with Crippen LogP contribution >= 0.6 is 0 Å². The predicted octanol–water partition coefficient (Wildman–Crippen LogP) is 4.87. The molecule has 134 valence electrons. The van der Waals surface area contributed by atoms with Crippen molar-refractivity contribution in [1.29, 1.82) is 0 Å². The number of halogens is 3. The minimum atomic E-state index is -4.53. The number of amides is 1. The van der Waals surface area contributed by atoms with Crippen LogP contribution in [0.5, 0.6) is 0 Å². The largest absolute Gasteiger partial charge is 0.418 e. The molecule has 0 aromatic heterocycles. The number of benzene rings is 2.